The second-order valence-corrected chi connectivity index (χ2v) is 39.9. The highest BCUT2D eigenvalue weighted by atomic mass is 16.5. The van der Waals surface area contributed by atoms with E-state index in [-0.39, 0.29) is 0 Å². The van der Waals surface area contributed by atoms with Crippen LogP contribution in [0.25, 0.3) is 23.0 Å². The zero-order chi connectivity index (χ0) is 91.9. The lowest BCUT2D eigenvalue weighted by Gasteiger charge is -2.18. The Bertz CT molecular complexity index is 2940. The molecule has 5 rings (SSSR count). The summed E-state index contributed by atoms with van der Waals surface area (Å²) in [5.74, 6) is 6.13. The fraction of sp³-hybridized carbons (Fsp3) is 0.814. The maximum atomic E-state index is 6.95. The first-order valence-electron chi connectivity index (χ1n) is 57.7. The second-order valence-electron chi connectivity index (χ2n) is 39.9. The lowest BCUT2D eigenvalue weighted by molar-refractivity contribution is -0.607. The van der Waals surface area contributed by atoms with Gasteiger partial charge in [0.2, 0.25) is 11.5 Å². The van der Waals surface area contributed by atoms with E-state index in [4.69, 9.17) is 38.4 Å². The van der Waals surface area contributed by atoms with Crippen molar-refractivity contribution in [2.45, 2.75) is 581 Å². The number of imidazole rings is 2. The molecule has 5 aromatic rings. The van der Waals surface area contributed by atoms with Gasteiger partial charge in [-0.2, -0.15) is 0 Å². The number of aromatic nitrogens is 6. The van der Waals surface area contributed by atoms with Gasteiger partial charge in [0.25, 0.3) is 18.0 Å². The Morgan fingerprint density at radius 1 is 0.192 bits per heavy atom. The first-order chi connectivity index (χ1) is 64.5. The number of rotatable bonds is 100. The fourth-order valence-electron chi connectivity index (χ4n) is 18.9. The summed E-state index contributed by atoms with van der Waals surface area (Å²) >= 11 is 0. The molecule has 0 bridgehead atoms. The Labute approximate surface area is 804 Å². The third-order valence-electron chi connectivity index (χ3n) is 27.6. The van der Waals surface area contributed by atoms with Crippen LogP contribution in [0.3, 0.4) is 0 Å². The lowest BCUT2D eigenvalue weighted by Crippen LogP contribution is -2.33. The first-order valence-corrected chi connectivity index (χ1v) is 57.7. The average molecular weight is 1810 g/mol. The van der Waals surface area contributed by atoms with E-state index in [0.29, 0.717) is 39.6 Å². The van der Waals surface area contributed by atoms with E-state index in [9.17, 15) is 0 Å². The molecule has 3 aromatic heterocycles. The van der Waals surface area contributed by atoms with Gasteiger partial charge in [0, 0.05) is 24.3 Å². The molecule has 0 atom stereocenters. The molecule has 0 radical (unpaired) electrons. The molecule has 130 heavy (non-hydrogen) atoms. The predicted molar refractivity (Wildman–Crippen MR) is 559 cm³/mol. The van der Waals surface area contributed by atoms with Gasteiger partial charge < -0.3 is 28.4 Å². The minimum atomic E-state index is 0.645. The normalized spacial score (nSPS) is 11.6. The Balaban J connectivity index is 1.37. The molecule has 0 fully saturated rings. The van der Waals surface area contributed by atoms with Crippen molar-refractivity contribution < 1.29 is 37.6 Å². The van der Waals surface area contributed by atoms with Crippen LogP contribution in [0.2, 0.25) is 0 Å². The first kappa shape index (κ1) is 115. The number of unbranched alkanes of at least 4 members (excludes halogenated alkanes) is 78. The van der Waals surface area contributed by atoms with E-state index >= 15 is 0 Å². The lowest BCUT2D eigenvalue weighted by atomic mass is 10.0. The van der Waals surface area contributed by atoms with E-state index < -0.39 is 0 Å². The van der Waals surface area contributed by atoms with Crippen LogP contribution in [0.4, 0.5) is 0 Å². The van der Waals surface area contributed by atoms with E-state index in [1.54, 1.807) is 6.33 Å². The molecule has 0 saturated carbocycles. The number of hydrogen-bond acceptors (Lipinski definition) is 8. The molecule has 2 aromatic carbocycles. The fourth-order valence-corrected chi connectivity index (χ4v) is 18.9. The quantitative estimate of drug-likeness (QED) is 0.0280. The largest absolute Gasteiger partial charge is 0.489 e. The highest BCUT2D eigenvalue weighted by Crippen LogP contribution is 2.43. The van der Waals surface area contributed by atoms with Gasteiger partial charge in [0.1, 0.15) is 23.8 Å². The molecule has 0 aliphatic heterocycles. The van der Waals surface area contributed by atoms with Crippen molar-refractivity contribution in [2.75, 3.05) is 39.6 Å². The number of ether oxygens (including phenoxy) is 6. The maximum absolute atomic E-state index is 6.95. The molecule has 0 aliphatic rings. The number of nitrogens with zero attached hydrogens (tertiary/aromatic N) is 6. The molecule has 0 saturated heterocycles. The molecule has 0 amide bonds. The van der Waals surface area contributed by atoms with Crippen LogP contribution in [0.15, 0.2) is 74.1 Å². The summed E-state index contributed by atoms with van der Waals surface area (Å²) in [6.07, 6.45) is 126. The van der Waals surface area contributed by atoms with Crippen molar-refractivity contribution in [3.63, 3.8) is 0 Å². The summed E-state index contributed by atoms with van der Waals surface area (Å²) in [4.78, 5) is 9.84. The van der Waals surface area contributed by atoms with E-state index in [2.05, 4.69) is 128 Å². The standard InChI is InChI=1S/C118H210N6O6/c1-7-13-19-25-31-37-43-49-55-61-67-73-79-85-95-125-111-101-109(102-112(126-96-86-80-74-68-62-56-50-44-38-32-26-20-14-8-2)117(111)129-99-89-83-77-71-65-59-53-47-41-35-29-23-17-11-5)121-91-93-123(107-121)115-105-116(120-106-119-115)124-94-92-122(108-124)110-103-113(127-97-87-81-75-69-63-57-51-45-39-33-27-21-15-9-3)118(130-100-90-84-78-72-66-60-54-48-42-36-30-24-18-12-6)114(104-110)128-98-88-82-76-70-64-58-52-46-40-34-28-22-16-10-4/h91-94,101-108H,7-90,95-100H2,1-6H3/q+2. The number of hydrogen-bond donors (Lipinski definition) is 0. The van der Waals surface area contributed by atoms with Crippen LogP contribution in [-0.4, -0.2) is 58.7 Å². The zero-order valence-corrected chi connectivity index (χ0v) is 86.7. The molecule has 12 nitrogen and oxygen atoms in total. The molecule has 12 heteroatoms. The van der Waals surface area contributed by atoms with Crippen LogP contribution >= 0.6 is 0 Å². The van der Waals surface area contributed by atoms with Gasteiger partial charge in [-0.3, -0.25) is 0 Å². The Morgan fingerprint density at radius 2 is 0.346 bits per heavy atom. The van der Waals surface area contributed by atoms with Gasteiger partial charge in [0.15, 0.2) is 35.7 Å². The third-order valence-corrected chi connectivity index (χ3v) is 27.6. The SMILES string of the molecule is CCCCCCCCCCCCCCCCOc1cc(-n2cc[n+](-c3cc(-[n+]4ccn(-c5cc(OCCCCCCCCCCCCCCCC)c(OCCCCCCCCCCCCCCCC)c(OCCCCCCCCCCCCCCCC)c5)c4)ncn3)c2)cc(OCCCCCCCCCCCCCCCC)c1OCCCCCCCCCCCCCCCC. The second kappa shape index (κ2) is 86.6. The molecule has 0 aliphatic carbocycles. The number of benzene rings is 2. The van der Waals surface area contributed by atoms with E-state index in [1.165, 1.54) is 501 Å². The van der Waals surface area contributed by atoms with E-state index in [1.807, 2.05) is 0 Å². The monoisotopic (exact) mass is 1810 g/mol. The molecule has 0 N–H and O–H groups in total. The van der Waals surface area contributed by atoms with Gasteiger partial charge in [-0.15, -0.1) is 0 Å². The topological polar surface area (TPSA) is 98.8 Å². The summed E-state index contributed by atoms with van der Waals surface area (Å²) in [5, 5.41) is 0. The van der Waals surface area contributed by atoms with Crippen molar-refractivity contribution in [1.82, 2.24) is 19.1 Å². The van der Waals surface area contributed by atoms with Crippen molar-refractivity contribution in [1.29, 1.82) is 0 Å². The predicted octanol–water partition coefficient (Wildman–Crippen LogP) is 37.8. The summed E-state index contributed by atoms with van der Waals surface area (Å²) < 4.78 is 50.2. The minimum Gasteiger partial charge on any atom is -0.489 e. The maximum Gasteiger partial charge on any atom is 0.277 e. The Hall–Kier alpha value is -5.26. The highest BCUT2D eigenvalue weighted by molar-refractivity contribution is 5.59. The molecular weight excluding hydrogens is 1600 g/mol. The van der Waals surface area contributed by atoms with E-state index in [0.717, 1.165) is 96.0 Å². The minimum absolute atomic E-state index is 0.645. The van der Waals surface area contributed by atoms with Gasteiger partial charge in [-0.25, -0.2) is 18.3 Å². The van der Waals surface area contributed by atoms with Crippen LogP contribution < -0.4 is 37.6 Å². The van der Waals surface area contributed by atoms with Crippen molar-refractivity contribution in [3.05, 3.63) is 74.1 Å². The average Bonchev–Trinajstić information content (AvgIpc) is 1.52. The van der Waals surface area contributed by atoms with Gasteiger partial charge in [0.05, 0.1) is 58.1 Å². The zero-order valence-electron chi connectivity index (χ0n) is 86.7. The van der Waals surface area contributed by atoms with Crippen LogP contribution in [0.5, 0.6) is 34.5 Å². The van der Waals surface area contributed by atoms with Gasteiger partial charge in [-0.05, 0) is 38.5 Å². The third kappa shape index (κ3) is 61.0. The van der Waals surface area contributed by atoms with Crippen LogP contribution in [0.1, 0.15) is 581 Å². The van der Waals surface area contributed by atoms with Crippen molar-refractivity contribution in [2.24, 2.45) is 0 Å². The van der Waals surface area contributed by atoms with Crippen LogP contribution in [0, 0.1) is 0 Å². The smallest absolute Gasteiger partial charge is 0.277 e. The van der Waals surface area contributed by atoms with Crippen LogP contribution in [-0.2, 0) is 0 Å². The van der Waals surface area contributed by atoms with Crippen molar-refractivity contribution >= 4 is 0 Å². The highest BCUT2D eigenvalue weighted by Gasteiger charge is 2.24. The van der Waals surface area contributed by atoms with Gasteiger partial charge in [-0.1, -0.05) is 552 Å². The van der Waals surface area contributed by atoms with Gasteiger partial charge >= 0.3 is 0 Å². The summed E-state index contributed by atoms with van der Waals surface area (Å²) in [6, 6.07) is 10.8. The molecule has 0 unspecified atom stereocenters. The molecule has 746 valence electrons. The summed E-state index contributed by atoms with van der Waals surface area (Å²) in [7, 11) is 0. The molecular formula is C118H210N6O6+2. The summed E-state index contributed by atoms with van der Waals surface area (Å²) in [5.41, 5.74) is 1.93. The summed E-state index contributed by atoms with van der Waals surface area (Å²) in [6.45, 7) is 17.7. The Morgan fingerprint density at radius 3 is 0.515 bits per heavy atom. The Kier molecular flexibility index (Phi) is 76.7. The molecule has 3 heterocycles. The molecule has 0 spiro atoms. The van der Waals surface area contributed by atoms with Crippen molar-refractivity contribution in [3.8, 4) is 57.5 Å².